The van der Waals surface area contributed by atoms with Crippen molar-refractivity contribution in [1.82, 2.24) is 0 Å². The molecule has 5 heteroatoms. The van der Waals surface area contributed by atoms with E-state index in [1.54, 1.807) is 6.08 Å². The van der Waals surface area contributed by atoms with Crippen LogP contribution in [-0.2, 0) is 19.1 Å². The molecule has 1 N–H and O–H groups in total. The minimum absolute atomic E-state index is 0.0560. The third kappa shape index (κ3) is 2.01. The Balaban J connectivity index is 1.92. The lowest BCUT2D eigenvalue weighted by Crippen LogP contribution is -2.67. The zero-order valence-corrected chi connectivity index (χ0v) is 16.5. The zero-order chi connectivity index (χ0) is 19.9. The molecule has 27 heavy (non-hydrogen) atoms. The highest BCUT2D eigenvalue weighted by Crippen LogP contribution is 2.70. The number of allylic oxidation sites excluding steroid dienone is 2. The second kappa shape index (κ2) is 5.40. The van der Waals surface area contributed by atoms with E-state index in [1.807, 2.05) is 19.9 Å². The maximum atomic E-state index is 13.4. The molecule has 5 nitrogen and oxygen atoms in total. The average Bonchev–Trinajstić information content (AvgIpc) is 2.70. The minimum Gasteiger partial charge on any atom is -0.461 e. The monoisotopic (exact) mass is 372 g/mol. The summed E-state index contributed by atoms with van der Waals surface area (Å²) >= 11 is 0. The van der Waals surface area contributed by atoms with Gasteiger partial charge in [0.2, 0.25) is 0 Å². The number of esters is 1. The highest BCUT2D eigenvalue weighted by atomic mass is 16.5. The van der Waals surface area contributed by atoms with Gasteiger partial charge in [-0.2, -0.15) is 0 Å². The van der Waals surface area contributed by atoms with E-state index >= 15 is 0 Å². The van der Waals surface area contributed by atoms with E-state index in [4.69, 9.17) is 4.74 Å². The van der Waals surface area contributed by atoms with Gasteiger partial charge in [-0.3, -0.25) is 14.4 Å². The quantitative estimate of drug-likeness (QED) is 0.565. The predicted octanol–water partition coefficient (Wildman–Crippen LogP) is 2.62. The molecular formula is C22H28O5. The third-order valence-electron chi connectivity index (χ3n) is 8.22. The van der Waals surface area contributed by atoms with Crippen LogP contribution in [0.4, 0.5) is 0 Å². The van der Waals surface area contributed by atoms with Gasteiger partial charge in [-0.05, 0) is 48.2 Å². The van der Waals surface area contributed by atoms with Gasteiger partial charge in [0.1, 0.15) is 11.5 Å². The Morgan fingerprint density at radius 2 is 1.89 bits per heavy atom. The molecule has 7 unspecified atom stereocenters. The van der Waals surface area contributed by atoms with E-state index in [-0.39, 0.29) is 29.3 Å². The van der Waals surface area contributed by atoms with Crippen LogP contribution in [-0.4, -0.2) is 34.9 Å². The van der Waals surface area contributed by atoms with Crippen molar-refractivity contribution in [2.45, 2.75) is 59.2 Å². The van der Waals surface area contributed by atoms with Gasteiger partial charge in [-0.15, -0.1) is 0 Å². The number of Topliss-reactive ketones (excluding diaryl/α,β-unsaturated/α-hetero) is 1. The maximum Gasteiger partial charge on any atom is 0.302 e. The Morgan fingerprint density at radius 1 is 1.22 bits per heavy atom. The first-order chi connectivity index (χ1) is 12.5. The van der Waals surface area contributed by atoms with E-state index in [0.29, 0.717) is 18.4 Å². The molecule has 0 radical (unpaired) electrons. The van der Waals surface area contributed by atoms with Crippen LogP contribution >= 0.6 is 0 Å². The van der Waals surface area contributed by atoms with Crippen LogP contribution in [0.25, 0.3) is 0 Å². The number of carbonyl (C=O) groups is 3. The van der Waals surface area contributed by atoms with Crippen LogP contribution < -0.4 is 0 Å². The smallest absolute Gasteiger partial charge is 0.302 e. The summed E-state index contributed by atoms with van der Waals surface area (Å²) in [6.45, 7) is 11.3. The molecule has 0 aromatic rings. The second-order valence-electron chi connectivity index (χ2n) is 9.64. The van der Waals surface area contributed by atoms with Gasteiger partial charge in [-0.25, -0.2) is 0 Å². The van der Waals surface area contributed by atoms with E-state index in [1.165, 1.54) is 6.92 Å². The first kappa shape index (κ1) is 18.6. The summed E-state index contributed by atoms with van der Waals surface area (Å²) in [5, 5.41) is 11.3. The first-order valence-corrected chi connectivity index (χ1v) is 9.81. The maximum absolute atomic E-state index is 13.4. The number of ether oxygens (including phenoxy) is 1. The van der Waals surface area contributed by atoms with Gasteiger partial charge in [-0.1, -0.05) is 33.4 Å². The number of rotatable bonds is 1. The molecule has 2 bridgehead atoms. The van der Waals surface area contributed by atoms with Crippen molar-refractivity contribution in [2.24, 2.45) is 34.0 Å². The molecule has 0 aliphatic heterocycles. The van der Waals surface area contributed by atoms with E-state index in [0.717, 1.165) is 6.42 Å². The molecule has 3 saturated carbocycles. The molecule has 0 saturated heterocycles. The first-order valence-electron chi connectivity index (χ1n) is 9.81. The fourth-order valence-electron chi connectivity index (χ4n) is 6.98. The van der Waals surface area contributed by atoms with Gasteiger partial charge >= 0.3 is 5.97 Å². The van der Waals surface area contributed by atoms with Crippen molar-refractivity contribution in [1.29, 1.82) is 0 Å². The van der Waals surface area contributed by atoms with Crippen LogP contribution in [0.5, 0.6) is 0 Å². The highest BCUT2D eigenvalue weighted by Gasteiger charge is 2.75. The lowest BCUT2D eigenvalue weighted by molar-refractivity contribution is -0.215. The molecule has 146 valence electrons. The average molecular weight is 372 g/mol. The summed E-state index contributed by atoms with van der Waals surface area (Å²) in [5.74, 6) is -1.05. The van der Waals surface area contributed by atoms with Crippen molar-refractivity contribution in [3.63, 3.8) is 0 Å². The van der Waals surface area contributed by atoms with Gasteiger partial charge in [0.15, 0.2) is 11.6 Å². The van der Waals surface area contributed by atoms with E-state index in [2.05, 4.69) is 13.5 Å². The number of carbonyl (C=O) groups excluding carboxylic acids is 3. The molecule has 0 aromatic heterocycles. The number of ketones is 2. The normalized spacial score (nSPS) is 47.4. The third-order valence-corrected chi connectivity index (χ3v) is 8.22. The van der Waals surface area contributed by atoms with Crippen molar-refractivity contribution in [2.75, 3.05) is 0 Å². The molecule has 4 rings (SSSR count). The van der Waals surface area contributed by atoms with Gasteiger partial charge in [0, 0.05) is 18.3 Å². The standard InChI is InChI=1S/C22H28O5/c1-11-13-6-7-14-21(5)9-8-16(24)20(3,4)15(21)10-17(25)22(14,18(11)26)19(13)27-12(2)23/h8-9,13-15,17,19,25H,1,6-7,10H2,2-5H3. The molecule has 4 aliphatic rings. The zero-order valence-electron chi connectivity index (χ0n) is 16.5. The number of hydrogen-bond acceptors (Lipinski definition) is 5. The summed E-state index contributed by atoms with van der Waals surface area (Å²) in [6, 6.07) is 0. The van der Waals surface area contributed by atoms with Gasteiger partial charge in [0.25, 0.3) is 0 Å². The molecule has 7 atom stereocenters. The topological polar surface area (TPSA) is 80.7 Å². The molecular weight excluding hydrogens is 344 g/mol. The number of aliphatic hydroxyl groups excluding tert-OH is 1. The Kier molecular flexibility index (Phi) is 3.72. The van der Waals surface area contributed by atoms with Crippen LogP contribution in [0.2, 0.25) is 0 Å². The second-order valence-corrected chi connectivity index (χ2v) is 9.64. The van der Waals surface area contributed by atoms with Crippen molar-refractivity contribution < 1.29 is 24.2 Å². The molecule has 3 fully saturated rings. The van der Waals surface area contributed by atoms with Crippen molar-refractivity contribution in [3.05, 3.63) is 24.3 Å². The lowest BCUT2D eigenvalue weighted by Gasteiger charge is -2.63. The number of aliphatic hydroxyl groups is 1. The largest absolute Gasteiger partial charge is 0.461 e. The fraction of sp³-hybridized carbons (Fsp3) is 0.682. The van der Waals surface area contributed by atoms with Crippen LogP contribution in [0.3, 0.4) is 0 Å². The van der Waals surface area contributed by atoms with E-state index in [9.17, 15) is 19.5 Å². The van der Waals surface area contributed by atoms with Gasteiger partial charge < -0.3 is 9.84 Å². The summed E-state index contributed by atoms with van der Waals surface area (Å²) in [7, 11) is 0. The summed E-state index contributed by atoms with van der Waals surface area (Å²) in [4.78, 5) is 37.8. The Morgan fingerprint density at radius 3 is 2.52 bits per heavy atom. The Hall–Kier alpha value is -1.75. The van der Waals surface area contributed by atoms with Crippen LogP contribution in [0.15, 0.2) is 24.3 Å². The van der Waals surface area contributed by atoms with Crippen LogP contribution in [0.1, 0.15) is 47.0 Å². The SMILES string of the molecule is C=C1C(=O)C23C(O)CC4C(C)(C)C(=O)C=CC4(C)C2CCC1C3OC(C)=O. The van der Waals surface area contributed by atoms with E-state index < -0.39 is 34.4 Å². The molecule has 1 spiro atoms. The summed E-state index contributed by atoms with van der Waals surface area (Å²) in [5.41, 5.74) is -1.73. The summed E-state index contributed by atoms with van der Waals surface area (Å²) < 4.78 is 5.68. The van der Waals surface area contributed by atoms with Crippen LogP contribution in [0, 0.1) is 34.0 Å². The lowest BCUT2D eigenvalue weighted by atomic mass is 9.41. The number of fused-ring (bicyclic) bond motifs is 3. The fourth-order valence-corrected chi connectivity index (χ4v) is 6.98. The summed E-state index contributed by atoms with van der Waals surface area (Å²) in [6.07, 6.45) is 3.73. The van der Waals surface area contributed by atoms with Crippen molar-refractivity contribution in [3.8, 4) is 0 Å². The number of hydrogen-bond donors (Lipinski definition) is 1. The predicted molar refractivity (Wildman–Crippen MR) is 98.5 cm³/mol. The molecule has 0 heterocycles. The molecule has 0 amide bonds. The minimum atomic E-state index is -1.16. The Labute approximate surface area is 159 Å². The highest BCUT2D eigenvalue weighted by molar-refractivity contribution is 6.05. The molecule has 0 aromatic carbocycles. The molecule has 4 aliphatic carbocycles. The van der Waals surface area contributed by atoms with Gasteiger partial charge in [0.05, 0.1) is 6.10 Å². The Bertz CT molecular complexity index is 793. The van der Waals surface area contributed by atoms with Crippen molar-refractivity contribution >= 4 is 17.5 Å².